The van der Waals surface area contributed by atoms with E-state index in [9.17, 15) is 4.39 Å². The molecule has 1 heterocycles. The van der Waals surface area contributed by atoms with Gasteiger partial charge in [0, 0.05) is 6.07 Å². The van der Waals surface area contributed by atoms with Crippen LogP contribution in [0.4, 0.5) is 4.39 Å². The van der Waals surface area contributed by atoms with Crippen LogP contribution in [0.2, 0.25) is 4.34 Å². The fraction of sp³-hybridized carbons (Fsp3) is 0. The topological polar surface area (TPSA) is 0 Å². The van der Waals surface area contributed by atoms with Gasteiger partial charge in [0.15, 0.2) is 5.13 Å². The van der Waals surface area contributed by atoms with Crippen LogP contribution in [0.15, 0.2) is 6.07 Å². The molecular formula is C4HClFS. The summed E-state index contributed by atoms with van der Waals surface area (Å²) >= 11 is 6.19. The van der Waals surface area contributed by atoms with Crippen LogP contribution in [0.3, 0.4) is 0 Å². The molecule has 0 atom stereocenters. The molecule has 1 aromatic rings. The van der Waals surface area contributed by atoms with E-state index < -0.39 is 0 Å². The minimum atomic E-state index is -0.356. The van der Waals surface area contributed by atoms with Crippen molar-refractivity contribution in [2.45, 2.75) is 0 Å². The van der Waals surface area contributed by atoms with Crippen LogP contribution in [0.5, 0.6) is 0 Å². The molecule has 0 nitrogen and oxygen atoms in total. The predicted molar refractivity (Wildman–Crippen MR) is 28.1 cm³/mol. The molecule has 0 unspecified atom stereocenters. The summed E-state index contributed by atoms with van der Waals surface area (Å²) in [6, 6.07) is 3.69. The van der Waals surface area contributed by atoms with E-state index >= 15 is 0 Å². The Morgan fingerprint density at radius 1 is 1.86 bits per heavy atom. The lowest BCUT2D eigenvalue weighted by molar-refractivity contribution is 0.655. The zero-order valence-electron chi connectivity index (χ0n) is 3.24. The smallest absolute Gasteiger partial charge is 0.185 e. The highest BCUT2D eigenvalue weighted by atomic mass is 35.5. The van der Waals surface area contributed by atoms with E-state index in [1.807, 2.05) is 0 Å². The van der Waals surface area contributed by atoms with E-state index in [1.54, 1.807) is 0 Å². The van der Waals surface area contributed by atoms with Crippen LogP contribution in [0.25, 0.3) is 0 Å². The number of halogens is 2. The second kappa shape index (κ2) is 1.80. The van der Waals surface area contributed by atoms with Crippen molar-refractivity contribution >= 4 is 22.9 Å². The van der Waals surface area contributed by atoms with E-state index in [-0.39, 0.29) is 5.13 Å². The summed E-state index contributed by atoms with van der Waals surface area (Å²) in [5.74, 6) is 0. The van der Waals surface area contributed by atoms with Crippen LogP contribution >= 0.6 is 22.9 Å². The zero-order valence-corrected chi connectivity index (χ0v) is 4.81. The van der Waals surface area contributed by atoms with Crippen LogP contribution in [-0.4, -0.2) is 0 Å². The molecule has 1 radical (unpaired) electrons. The maximum atomic E-state index is 11.8. The van der Waals surface area contributed by atoms with Crippen molar-refractivity contribution in [1.82, 2.24) is 0 Å². The third-order valence-electron chi connectivity index (χ3n) is 0.486. The Morgan fingerprint density at radius 2 is 2.57 bits per heavy atom. The summed E-state index contributed by atoms with van der Waals surface area (Å²) in [5.41, 5.74) is 0. The first kappa shape index (κ1) is 5.06. The summed E-state index contributed by atoms with van der Waals surface area (Å²) < 4.78 is 12.2. The minimum absolute atomic E-state index is 0.356. The third-order valence-corrected chi connectivity index (χ3v) is 1.44. The Morgan fingerprint density at radius 3 is 2.71 bits per heavy atom. The van der Waals surface area contributed by atoms with Gasteiger partial charge in [0.2, 0.25) is 0 Å². The van der Waals surface area contributed by atoms with Crippen molar-refractivity contribution < 1.29 is 4.39 Å². The molecule has 1 rings (SSSR count). The Balaban J connectivity index is 3.04. The van der Waals surface area contributed by atoms with Gasteiger partial charge in [0.25, 0.3) is 0 Å². The van der Waals surface area contributed by atoms with Crippen LogP contribution in [0.1, 0.15) is 0 Å². The summed E-state index contributed by atoms with van der Waals surface area (Å²) in [5, 5.41) is -0.356. The van der Waals surface area contributed by atoms with Crippen molar-refractivity contribution in [3.63, 3.8) is 0 Å². The third kappa shape index (κ3) is 1.14. The zero-order chi connectivity index (χ0) is 5.28. The van der Waals surface area contributed by atoms with Gasteiger partial charge in [-0.05, 0) is 6.07 Å². The van der Waals surface area contributed by atoms with Gasteiger partial charge in [0.1, 0.15) is 0 Å². The maximum absolute atomic E-state index is 11.8. The lowest BCUT2D eigenvalue weighted by Gasteiger charge is -1.65. The molecule has 0 saturated carbocycles. The van der Waals surface area contributed by atoms with Crippen molar-refractivity contribution in [1.29, 1.82) is 0 Å². The molecule has 0 aliphatic rings. The molecule has 0 bridgehead atoms. The molecule has 0 aliphatic carbocycles. The molecule has 0 saturated heterocycles. The number of hydrogen-bond acceptors (Lipinski definition) is 1. The van der Waals surface area contributed by atoms with Gasteiger partial charge in [0.05, 0.1) is 4.34 Å². The van der Waals surface area contributed by atoms with Gasteiger partial charge >= 0.3 is 0 Å². The van der Waals surface area contributed by atoms with Crippen molar-refractivity contribution in [2.75, 3.05) is 0 Å². The SMILES string of the molecule is Fc1[c]cc(Cl)s1. The molecule has 0 N–H and O–H groups in total. The van der Waals surface area contributed by atoms with Gasteiger partial charge < -0.3 is 0 Å². The molecule has 0 aromatic carbocycles. The van der Waals surface area contributed by atoms with E-state index in [0.717, 1.165) is 11.3 Å². The minimum Gasteiger partial charge on any atom is -0.194 e. The van der Waals surface area contributed by atoms with Gasteiger partial charge in [-0.15, -0.1) is 0 Å². The van der Waals surface area contributed by atoms with Gasteiger partial charge in [-0.1, -0.05) is 22.9 Å². The highest BCUT2D eigenvalue weighted by Crippen LogP contribution is 2.18. The molecular weight excluding hydrogens is 135 g/mol. The fourth-order valence-electron chi connectivity index (χ4n) is 0.258. The first-order chi connectivity index (χ1) is 3.29. The highest BCUT2D eigenvalue weighted by Gasteiger charge is 1.91. The number of rotatable bonds is 0. The van der Waals surface area contributed by atoms with E-state index in [1.165, 1.54) is 6.07 Å². The average Bonchev–Trinajstić information content (AvgIpc) is 1.87. The van der Waals surface area contributed by atoms with Crippen molar-refractivity contribution in [2.24, 2.45) is 0 Å². The lowest BCUT2D eigenvalue weighted by atomic mass is 10.7. The summed E-state index contributed by atoms with van der Waals surface area (Å²) in [7, 11) is 0. The van der Waals surface area contributed by atoms with Crippen molar-refractivity contribution in [3.8, 4) is 0 Å². The Bertz CT molecular complexity index is 144. The fourth-order valence-corrected chi connectivity index (χ4v) is 0.923. The van der Waals surface area contributed by atoms with Crippen LogP contribution < -0.4 is 0 Å². The first-order valence-corrected chi connectivity index (χ1v) is 2.81. The van der Waals surface area contributed by atoms with Gasteiger partial charge in [-0.2, -0.15) is 4.39 Å². The lowest BCUT2D eigenvalue weighted by Crippen LogP contribution is -1.45. The summed E-state index contributed by atoms with van der Waals surface area (Å²) in [4.78, 5) is 0. The summed E-state index contributed by atoms with van der Waals surface area (Å²) in [6.45, 7) is 0. The van der Waals surface area contributed by atoms with E-state index in [0.29, 0.717) is 4.34 Å². The molecule has 1 aromatic heterocycles. The van der Waals surface area contributed by atoms with Crippen molar-refractivity contribution in [3.05, 3.63) is 21.6 Å². The Hall–Kier alpha value is -0.0800. The quantitative estimate of drug-likeness (QED) is 0.512. The van der Waals surface area contributed by atoms with Crippen LogP contribution in [-0.2, 0) is 0 Å². The molecule has 0 aliphatic heterocycles. The largest absolute Gasteiger partial charge is 0.194 e. The molecule has 0 amide bonds. The predicted octanol–water partition coefficient (Wildman–Crippen LogP) is 2.34. The normalized spacial score (nSPS) is 9.43. The number of thiophene rings is 1. The highest BCUT2D eigenvalue weighted by molar-refractivity contribution is 7.14. The second-order valence-electron chi connectivity index (χ2n) is 0.969. The monoisotopic (exact) mass is 135 g/mol. The van der Waals surface area contributed by atoms with Crippen LogP contribution in [0, 0.1) is 11.2 Å². The van der Waals surface area contributed by atoms with Gasteiger partial charge in [-0.3, -0.25) is 0 Å². The number of hydrogen-bond donors (Lipinski definition) is 0. The van der Waals surface area contributed by atoms with E-state index in [4.69, 9.17) is 11.6 Å². The van der Waals surface area contributed by atoms with Gasteiger partial charge in [-0.25, -0.2) is 0 Å². The standard InChI is InChI=1S/C4HClFS/c5-3-1-2-4(6)7-3/h1H. The molecule has 0 spiro atoms. The maximum Gasteiger partial charge on any atom is 0.185 e. The summed E-state index contributed by atoms with van der Waals surface area (Å²) in [6.07, 6.45) is 0. The second-order valence-corrected chi connectivity index (χ2v) is 2.60. The Labute approximate surface area is 49.5 Å². The molecule has 7 heavy (non-hydrogen) atoms. The first-order valence-electron chi connectivity index (χ1n) is 1.61. The molecule has 0 fully saturated rings. The van der Waals surface area contributed by atoms with E-state index in [2.05, 4.69) is 6.07 Å². The Kier molecular flexibility index (Phi) is 1.30. The average molecular weight is 136 g/mol. The molecule has 37 valence electrons. The molecule has 3 heteroatoms.